The third-order valence-corrected chi connectivity index (χ3v) is 2.53. The molecule has 1 aromatic carbocycles. The number of aliphatic hydroxyl groups is 1. The van der Waals surface area contributed by atoms with Crippen molar-refractivity contribution in [2.75, 3.05) is 7.11 Å². The smallest absolute Gasteiger partial charge is 0.225 e. The molecule has 1 heterocycles. The van der Waals surface area contributed by atoms with Gasteiger partial charge in [0.05, 0.1) is 13.2 Å². The molecule has 0 fully saturated rings. The lowest BCUT2D eigenvalue weighted by atomic mass is 10.2. The van der Waals surface area contributed by atoms with Crippen LogP contribution in [0.4, 0.5) is 0 Å². The summed E-state index contributed by atoms with van der Waals surface area (Å²) >= 11 is 0. The number of para-hydroxylation sites is 2. The monoisotopic (exact) mass is 245 g/mol. The molecule has 4 nitrogen and oxygen atoms in total. The lowest BCUT2D eigenvalue weighted by Crippen LogP contribution is -1.99. The third-order valence-electron chi connectivity index (χ3n) is 2.53. The molecule has 2 rings (SSSR count). The Morgan fingerprint density at radius 2 is 1.83 bits per heavy atom. The Morgan fingerprint density at radius 1 is 1.11 bits per heavy atom. The molecule has 0 aliphatic heterocycles. The van der Waals surface area contributed by atoms with Crippen molar-refractivity contribution in [3.8, 4) is 17.4 Å². The van der Waals surface area contributed by atoms with Crippen LogP contribution in [0.3, 0.4) is 0 Å². The summed E-state index contributed by atoms with van der Waals surface area (Å²) in [5.74, 6) is 1.58. The third kappa shape index (κ3) is 2.60. The molecule has 0 amide bonds. The van der Waals surface area contributed by atoms with E-state index in [1.54, 1.807) is 44.5 Å². The highest BCUT2D eigenvalue weighted by Crippen LogP contribution is 2.33. The SMILES string of the molecule is COc1ccccc1Oc1ncccc1C(C)O. The second kappa shape index (κ2) is 5.51. The number of rotatable bonds is 4. The van der Waals surface area contributed by atoms with Gasteiger partial charge >= 0.3 is 0 Å². The van der Waals surface area contributed by atoms with Crippen molar-refractivity contribution in [2.24, 2.45) is 0 Å². The quantitative estimate of drug-likeness (QED) is 0.899. The van der Waals surface area contributed by atoms with Gasteiger partial charge in [-0.15, -0.1) is 0 Å². The molecule has 0 saturated heterocycles. The van der Waals surface area contributed by atoms with Crippen LogP contribution in [0.25, 0.3) is 0 Å². The van der Waals surface area contributed by atoms with Gasteiger partial charge in [-0.2, -0.15) is 0 Å². The van der Waals surface area contributed by atoms with Crippen LogP contribution in [0.1, 0.15) is 18.6 Å². The van der Waals surface area contributed by atoms with Crippen LogP contribution in [-0.4, -0.2) is 17.2 Å². The maximum absolute atomic E-state index is 9.66. The number of hydrogen-bond donors (Lipinski definition) is 1. The molecule has 0 aliphatic carbocycles. The van der Waals surface area contributed by atoms with Crippen LogP contribution >= 0.6 is 0 Å². The molecule has 4 heteroatoms. The lowest BCUT2D eigenvalue weighted by Gasteiger charge is -2.13. The van der Waals surface area contributed by atoms with Crippen molar-refractivity contribution in [1.82, 2.24) is 4.98 Å². The van der Waals surface area contributed by atoms with Gasteiger partial charge in [-0.05, 0) is 31.2 Å². The Bertz CT molecular complexity index is 526. The zero-order valence-electron chi connectivity index (χ0n) is 10.3. The van der Waals surface area contributed by atoms with Crippen LogP contribution in [0, 0.1) is 0 Å². The fraction of sp³-hybridized carbons (Fsp3) is 0.214. The molecule has 1 aromatic heterocycles. The zero-order valence-corrected chi connectivity index (χ0v) is 10.3. The topological polar surface area (TPSA) is 51.6 Å². The van der Waals surface area contributed by atoms with Crippen molar-refractivity contribution in [3.63, 3.8) is 0 Å². The second-order valence-electron chi connectivity index (χ2n) is 3.83. The highest BCUT2D eigenvalue weighted by Gasteiger charge is 2.12. The normalized spacial score (nSPS) is 11.9. The van der Waals surface area contributed by atoms with Gasteiger partial charge in [-0.1, -0.05) is 12.1 Å². The first kappa shape index (κ1) is 12.4. The summed E-state index contributed by atoms with van der Waals surface area (Å²) in [7, 11) is 1.58. The van der Waals surface area contributed by atoms with E-state index in [0.717, 1.165) is 0 Å². The van der Waals surface area contributed by atoms with Crippen LogP contribution in [0.5, 0.6) is 17.4 Å². The number of pyridine rings is 1. The van der Waals surface area contributed by atoms with Gasteiger partial charge in [0.2, 0.25) is 5.88 Å². The van der Waals surface area contributed by atoms with Gasteiger partial charge in [-0.3, -0.25) is 0 Å². The van der Waals surface area contributed by atoms with Crippen molar-refractivity contribution in [1.29, 1.82) is 0 Å². The van der Waals surface area contributed by atoms with Crippen LogP contribution in [-0.2, 0) is 0 Å². The highest BCUT2D eigenvalue weighted by atomic mass is 16.5. The fourth-order valence-corrected chi connectivity index (χ4v) is 1.61. The van der Waals surface area contributed by atoms with E-state index in [1.165, 1.54) is 0 Å². The first-order valence-electron chi connectivity index (χ1n) is 5.66. The van der Waals surface area contributed by atoms with Crippen molar-refractivity contribution in [3.05, 3.63) is 48.2 Å². The fourth-order valence-electron chi connectivity index (χ4n) is 1.61. The van der Waals surface area contributed by atoms with Gasteiger partial charge < -0.3 is 14.6 Å². The Balaban J connectivity index is 2.34. The Kier molecular flexibility index (Phi) is 3.79. The number of nitrogens with zero attached hydrogens (tertiary/aromatic N) is 1. The van der Waals surface area contributed by atoms with Gasteiger partial charge in [-0.25, -0.2) is 4.98 Å². The maximum Gasteiger partial charge on any atom is 0.225 e. The number of aliphatic hydroxyl groups excluding tert-OH is 1. The number of aromatic nitrogens is 1. The van der Waals surface area contributed by atoms with Crippen molar-refractivity contribution in [2.45, 2.75) is 13.0 Å². The van der Waals surface area contributed by atoms with E-state index in [1.807, 2.05) is 12.1 Å². The van der Waals surface area contributed by atoms with E-state index in [-0.39, 0.29) is 0 Å². The van der Waals surface area contributed by atoms with E-state index in [0.29, 0.717) is 22.9 Å². The lowest BCUT2D eigenvalue weighted by molar-refractivity contribution is 0.194. The van der Waals surface area contributed by atoms with Crippen molar-refractivity contribution < 1.29 is 14.6 Å². The number of ether oxygens (including phenoxy) is 2. The summed E-state index contributed by atoms with van der Waals surface area (Å²) in [6.45, 7) is 1.67. The first-order chi connectivity index (χ1) is 8.72. The molecule has 0 spiro atoms. The summed E-state index contributed by atoms with van der Waals surface area (Å²) in [6, 6.07) is 10.8. The summed E-state index contributed by atoms with van der Waals surface area (Å²) in [4.78, 5) is 4.13. The minimum atomic E-state index is -0.636. The molecule has 0 radical (unpaired) electrons. The number of hydrogen-bond acceptors (Lipinski definition) is 4. The zero-order chi connectivity index (χ0) is 13.0. The Hall–Kier alpha value is -2.07. The molecule has 2 aromatic rings. The Morgan fingerprint density at radius 3 is 2.50 bits per heavy atom. The molecule has 1 N–H and O–H groups in total. The van der Waals surface area contributed by atoms with Crippen LogP contribution < -0.4 is 9.47 Å². The molecule has 0 saturated carbocycles. The first-order valence-corrected chi connectivity index (χ1v) is 5.66. The van der Waals surface area contributed by atoms with E-state index >= 15 is 0 Å². The summed E-state index contributed by atoms with van der Waals surface area (Å²) in [6.07, 6.45) is 0.986. The molecule has 0 bridgehead atoms. The van der Waals surface area contributed by atoms with Crippen LogP contribution in [0.2, 0.25) is 0 Å². The number of methoxy groups -OCH3 is 1. The van der Waals surface area contributed by atoms with Gasteiger partial charge in [0.1, 0.15) is 0 Å². The molecule has 0 aliphatic rings. The molecule has 1 atom stereocenters. The standard InChI is InChI=1S/C14H15NO3/c1-10(16)11-6-5-9-15-14(11)18-13-8-4-3-7-12(13)17-2/h3-10,16H,1-2H3. The average Bonchev–Trinajstić information content (AvgIpc) is 2.40. The van der Waals surface area contributed by atoms with Crippen LogP contribution in [0.15, 0.2) is 42.6 Å². The number of benzene rings is 1. The van der Waals surface area contributed by atoms with E-state index < -0.39 is 6.10 Å². The predicted octanol–water partition coefficient (Wildman–Crippen LogP) is 2.94. The maximum atomic E-state index is 9.66. The molecular formula is C14H15NO3. The molecule has 18 heavy (non-hydrogen) atoms. The highest BCUT2D eigenvalue weighted by molar-refractivity contribution is 5.43. The largest absolute Gasteiger partial charge is 0.493 e. The van der Waals surface area contributed by atoms with E-state index in [9.17, 15) is 5.11 Å². The Labute approximate surface area is 106 Å². The summed E-state index contributed by atoms with van der Waals surface area (Å²) < 4.78 is 10.9. The summed E-state index contributed by atoms with van der Waals surface area (Å²) in [5, 5.41) is 9.66. The molecule has 94 valence electrons. The van der Waals surface area contributed by atoms with Gasteiger partial charge in [0.25, 0.3) is 0 Å². The van der Waals surface area contributed by atoms with Crippen molar-refractivity contribution >= 4 is 0 Å². The predicted molar refractivity (Wildman–Crippen MR) is 67.9 cm³/mol. The van der Waals surface area contributed by atoms with Gasteiger partial charge in [0, 0.05) is 11.8 Å². The van der Waals surface area contributed by atoms with E-state index in [4.69, 9.17) is 9.47 Å². The minimum absolute atomic E-state index is 0.386. The van der Waals surface area contributed by atoms with Gasteiger partial charge in [0.15, 0.2) is 11.5 Å². The second-order valence-corrected chi connectivity index (χ2v) is 3.83. The van der Waals surface area contributed by atoms with E-state index in [2.05, 4.69) is 4.98 Å². The molecule has 1 unspecified atom stereocenters. The average molecular weight is 245 g/mol. The molecular weight excluding hydrogens is 230 g/mol. The minimum Gasteiger partial charge on any atom is -0.493 e. The summed E-state index contributed by atoms with van der Waals surface area (Å²) in [5.41, 5.74) is 0.642.